The van der Waals surface area contributed by atoms with Gasteiger partial charge in [0, 0.05) is 83.1 Å². The lowest BCUT2D eigenvalue weighted by Gasteiger charge is -2.36. The van der Waals surface area contributed by atoms with Gasteiger partial charge in [-0.2, -0.15) is 9.15 Å². The molecule has 8 aromatic carbocycles. The third kappa shape index (κ3) is 12.1. The van der Waals surface area contributed by atoms with Crippen LogP contribution in [0, 0.1) is 20.2 Å². The topological polar surface area (TPSA) is 102 Å². The summed E-state index contributed by atoms with van der Waals surface area (Å²) in [4.78, 5) is 32.2. The van der Waals surface area contributed by atoms with Gasteiger partial charge in [-0.05, 0) is 160 Å². The quantitative estimate of drug-likeness (QED) is 0.0401. The highest BCUT2D eigenvalue weighted by molar-refractivity contribution is 9.11. The van der Waals surface area contributed by atoms with Crippen molar-refractivity contribution in [2.75, 3.05) is 56.6 Å². The lowest BCUT2D eigenvalue weighted by atomic mass is 9.67. The molecular weight excluding hydrogens is 1330 g/mol. The Hall–Kier alpha value is -8.62. The molecule has 4 heterocycles. The summed E-state index contributed by atoms with van der Waals surface area (Å²) < 4.78 is 5.52. The predicted molar refractivity (Wildman–Crippen MR) is 401 cm³/mol. The van der Waals surface area contributed by atoms with Crippen molar-refractivity contribution in [1.29, 1.82) is 0 Å². The van der Waals surface area contributed by atoms with Crippen LogP contribution in [0.1, 0.15) is 116 Å². The summed E-state index contributed by atoms with van der Waals surface area (Å²) in [6.45, 7) is 6.28. The van der Waals surface area contributed by atoms with E-state index in [1.165, 1.54) is 91.5 Å². The van der Waals surface area contributed by atoms with E-state index < -0.39 is 10.8 Å². The predicted octanol–water partition coefficient (Wildman–Crippen LogP) is 19.3. The maximum Gasteiger partial charge on any atom is 0.290 e. The van der Waals surface area contributed by atoms with Crippen molar-refractivity contribution in [3.8, 4) is 0 Å². The summed E-state index contributed by atoms with van der Waals surface area (Å²) in [5, 5.41) is 24.8. The normalized spacial score (nSPS) is 18.7. The number of para-hydroxylation sites is 2. The van der Waals surface area contributed by atoms with Gasteiger partial charge in [-0.15, -0.1) is 0 Å². The number of fused-ring (bicyclic) bond motifs is 6. The van der Waals surface area contributed by atoms with Crippen molar-refractivity contribution in [3.63, 3.8) is 0 Å². The zero-order valence-corrected chi connectivity index (χ0v) is 59.1. The van der Waals surface area contributed by atoms with Gasteiger partial charge in [-0.1, -0.05) is 215 Å². The zero-order chi connectivity index (χ0) is 66.9. The molecule has 8 aromatic rings. The van der Waals surface area contributed by atoms with Crippen molar-refractivity contribution >= 4 is 77.4 Å². The first kappa shape index (κ1) is 65.7. The summed E-state index contributed by atoms with van der Waals surface area (Å²) in [6, 6.07) is 70.0. The Balaban J connectivity index is 0.851. The SMILES string of the molecule is CCN(CCN1C(=CC=CC2=[N+](C)c3cc([N+](=O)[O-])c(Br)cc3C23CCCCC3)C(Cc2ccccc2)(Cc2ccccc2)c2ccccc21)CCN1C(=CC=CC2=[N+](C)c3cc([N+](=O)[O-])c(Br)cc3C23CCCCC3)C(Cc2ccccc2)(Cc2ccccc2)c2ccccc21. The molecule has 0 radical (unpaired) electrons. The number of benzene rings is 8. The smallest absolute Gasteiger partial charge is 0.290 e. The second kappa shape index (κ2) is 27.7. The first-order valence-corrected chi connectivity index (χ1v) is 36.5. The lowest BCUT2D eigenvalue weighted by Crippen LogP contribution is -2.42. The molecular formula is C84H85Br2N7O4+2. The zero-order valence-electron chi connectivity index (χ0n) is 55.9. The van der Waals surface area contributed by atoms with E-state index in [4.69, 9.17) is 0 Å². The molecule has 0 unspecified atom stereocenters. The van der Waals surface area contributed by atoms with Crippen molar-refractivity contribution in [2.45, 2.75) is 118 Å². The number of allylic oxidation sites excluding steroid dienone is 8. The van der Waals surface area contributed by atoms with Crippen molar-refractivity contribution < 1.29 is 19.0 Å². The standard InChI is InChI=1S/C84H85Br2N7O4/c1-4-89(49-51-90-71-39-21-19-37-65(71)83(57-61-29-11-5-12-30-61,58-62-31-13-6-14-32-62)79(90)43-27-41-77-81(45-23-9-24-46-81)67-53-69(85)75(92(94)95)55-73(67)87(77)2)50-52-91-72-40-22-20-38-66(72)84(59-63-33-15-7-16-34-63,60-64-35-17-8-18-36-64)80(91)44-28-42-78-82(47-25-10-26-48-82)68-54-70(86)76(93(96)97)56-74(68)88(78)3/h5-8,11-22,27-44,53-56H,4,9-10,23-26,45-52,57-60H2,1-3H3/q+2. The van der Waals surface area contributed by atoms with Gasteiger partial charge in [-0.3, -0.25) is 20.2 Å². The number of halogens is 2. The molecule has 0 atom stereocenters. The Morgan fingerprint density at radius 2 is 0.794 bits per heavy atom. The van der Waals surface area contributed by atoms with Crippen molar-refractivity contribution in [2.24, 2.45) is 0 Å². The maximum atomic E-state index is 12.4. The Labute approximate surface area is 588 Å². The fraction of sp³-hybridized carbons (Fsp3) is 0.310. The summed E-state index contributed by atoms with van der Waals surface area (Å²) in [7, 11) is 4.19. The molecule has 0 N–H and O–H groups in total. The van der Waals surface area contributed by atoms with E-state index in [2.05, 4.69) is 283 Å². The number of nitrogens with zero attached hydrogens (tertiary/aromatic N) is 7. The van der Waals surface area contributed by atoms with Gasteiger partial charge in [0.25, 0.3) is 11.4 Å². The highest BCUT2D eigenvalue weighted by atomic mass is 79.9. The van der Waals surface area contributed by atoms with Crippen LogP contribution in [-0.4, -0.2) is 82.1 Å². The summed E-state index contributed by atoms with van der Waals surface area (Å²) in [5.41, 5.74) is 18.1. The van der Waals surface area contributed by atoms with Crippen molar-refractivity contribution in [3.05, 3.63) is 316 Å². The van der Waals surface area contributed by atoms with Gasteiger partial charge in [-0.25, -0.2) is 0 Å². The Kier molecular flexibility index (Phi) is 18.8. The molecule has 2 spiro atoms. The molecule has 0 bridgehead atoms. The molecule has 97 heavy (non-hydrogen) atoms. The number of anilines is 2. The van der Waals surface area contributed by atoms with Crippen LogP contribution >= 0.6 is 31.9 Å². The molecule has 4 aliphatic heterocycles. The van der Waals surface area contributed by atoms with Gasteiger partial charge < -0.3 is 14.7 Å². The fourth-order valence-electron chi connectivity index (χ4n) is 18.1. The largest absolute Gasteiger partial charge is 0.343 e. The number of nitro benzene ring substituents is 2. The summed E-state index contributed by atoms with van der Waals surface area (Å²) in [5.74, 6) is 0. The average molecular weight is 1420 g/mol. The number of nitro groups is 2. The van der Waals surface area contributed by atoms with Crippen LogP contribution < -0.4 is 9.80 Å². The summed E-state index contributed by atoms with van der Waals surface area (Å²) >= 11 is 7.26. The first-order valence-electron chi connectivity index (χ1n) is 34.9. The minimum atomic E-state index is -0.447. The van der Waals surface area contributed by atoms with E-state index in [-0.39, 0.29) is 32.1 Å². The molecule has 0 amide bonds. The van der Waals surface area contributed by atoms with Crippen LogP contribution in [0.5, 0.6) is 0 Å². The number of rotatable bonds is 21. The van der Waals surface area contributed by atoms with Gasteiger partial charge in [0.05, 0.1) is 41.8 Å². The third-order valence-electron chi connectivity index (χ3n) is 22.5. The molecule has 11 nitrogen and oxygen atoms in total. The van der Waals surface area contributed by atoms with Crippen LogP contribution in [0.25, 0.3) is 0 Å². The van der Waals surface area contributed by atoms with Crippen LogP contribution in [0.2, 0.25) is 0 Å². The maximum absolute atomic E-state index is 12.4. The summed E-state index contributed by atoms with van der Waals surface area (Å²) in [6.07, 6.45) is 28.0. The van der Waals surface area contributed by atoms with E-state index in [9.17, 15) is 20.2 Å². The first-order chi connectivity index (χ1) is 47.3. The molecule has 14 rings (SSSR count). The minimum absolute atomic E-state index is 0.0867. The van der Waals surface area contributed by atoms with Crippen molar-refractivity contribution in [1.82, 2.24) is 4.90 Å². The minimum Gasteiger partial charge on any atom is -0.343 e. The van der Waals surface area contributed by atoms with Gasteiger partial charge >= 0.3 is 0 Å². The molecule has 2 aliphatic carbocycles. The van der Waals surface area contributed by atoms with Gasteiger partial charge in [0.1, 0.15) is 14.1 Å². The van der Waals surface area contributed by atoms with E-state index in [1.54, 1.807) is 12.1 Å². The van der Waals surface area contributed by atoms with Crippen LogP contribution in [0.3, 0.4) is 0 Å². The molecule has 492 valence electrons. The highest BCUT2D eigenvalue weighted by Crippen LogP contribution is 2.56. The molecule has 2 saturated carbocycles. The van der Waals surface area contributed by atoms with Crippen LogP contribution in [0.4, 0.5) is 34.1 Å². The number of hydrogen-bond donors (Lipinski definition) is 0. The number of hydrogen-bond acceptors (Lipinski definition) is 7. The number of likely N-dealkylation sites (N-methyl/N-ethyl adjacent to an activating group) is 1. The van der Waals surface area contributed by atoms with E-state index in [1.807, 2.05) is 12.1 Å². The second-order valence-electron chi connectivity index (χ2n) is 27.7. The molecule has 2 fully saturated rings. The van der Waals surface area contributed by atoms with Gasteiger partial charge in [0.2, 0.25) is 11.4 Å². The van der Waals surface area contributed by atoms with E-state index in [0.717, 1.165) is 121 Å². The van der Waals surface area contributed by atoms with Crippen LogP contribution in [-0.2, 0) is 47.3 Å². The van der Waals surface area contributed by atoms with E-state index >= 15 is 0 Å². The highest BCUT2D eigenvalue weighted by Gasteiger charge is 2.54. The van der Waals surface area contributed by atoms with Crippen LogP contribution in [0.15, 0.2) is 251 Å². The molecule has 0 aromatic heterocycles. The molecule has 13 heteroatoms. The monoisotopic (exact) mass is 1410 g/mol. The molecule has 6 aliphatic rings. The third-order valence-corrected chi connectivity index (χ3v) is 23.8. The fourth-order valence-corrected chi connectivity index (χ4v) is 19.0. The average Bonchev–Trinajstić information content (AvgIpc) is 1.60. The Morgan fingerprint density at radius 3 is 1.12 bits per heavy atom. The lowest BCUT2D eigenvalue weighted by molar-refractivity contribution is -0.406. The Bertz CT molecular complexity index is 4120. The molecule has 0 saturated heterocycles. The van der Waals surface area contributed by atoms with Gasteiger partial charge in [0.15, 0.2) is 11.4 Å². The second-order valence-corrected chi connectivity index (χ2v) is 29.4. The Morgan fingerprint density at radius 1 is 0.464 bits per heavy atom. The van der Waals surface area contributed by atoms with E-state index in [0.29, 0.717) is 8.95 Å².